The first-order chi connectivity index (χ1) is 11.2. The smallest absolute Gasteiger partial charge is 0.251 e. The summed E-state index contributed by atoms with van der Waals surface area (Å²) < 4.78 is 0. The number of rotatable bonds is 2. The molecular weight excluding hydrogens is 290 g/mol. The number of carbonyl (C=O) groups is 2. The predicted octanol–water partition coefficient (Wildman–Crippen LogP) is 2.06. The number of benzene rings is 1. The summed E-state index contributed by atoms with van der Waals surface area (Å²) in [6, 6.07) is 5.36. The van der Waals surface area contributed by atoms with Crippen molar-refractivity contribution in [3.05, 3.63) is 35.0 Å². The van der Waals surface area contributed by atoms with E-state index in [-0.39, 0.29) is 11.8 Å². The molecule has 1 aromatic heterocycles. The van der Waals surface area contributed by atoms with Crippen molar-refractivity contribution in [2.24, 2.45) is 0 Å². The zero-order valence-electron chi connectivity index (χ0n) is 13.1. The molecule has 0 radical (unpaired) electrons. The van der Waals surface area contributed by atoms with Crippen LogP contribution in [0.5, 0.6) is 0 Å². The van der Waals surface area contributed by atoms with Gasteiger partial charge in [-0.15, -0.1) is 0 Å². The average molecular weight is 311 g/mol. The summed E-state index contributed by atoms with van der Waals surface area (Å²) in [4.78, 5) is 27.8. The van der Waals surface area contributed by atoms with Gasteiger partial charge in [0.1, 0.15) is 6.04 Å². The molecule has 5 nitrogen and oxygen atoms in total. The van der Waals surface area contributed by atoms with E-state index in [1.54, 1.807) is 0 Å². The normalized spacial score (nSPS) is 20.9. The van der Waals surface area contributed by atoms with Crippen LogP contribution in [0.2, 0.25) is 0 Å². The van der Waals surface area contributed by atoms with Gasteiger partial charge in [-0.3, -0.25) is 9.59 Å². The number of piperidine rings is 1. The van der Waals surface area contributed by atoms with E-state index in [1.165, 1.54) is 24.1 Å². The van der Waals surface area contributed by atoms with Gasteiger partial charge in [-0.05, 0) is 62.3 Å². The van der Waals surface area contributed by atoms with Gasteiger partial charge in [0.2, 0.25) is 5.91 Å². The molecule has 1 fully saturated rings. The van der Waals surface area contributed by atoms with Gasteiger partial charge in [0.25, 0.3) is 5.91 Å². The van der Waals surface area contributed by atoms with Crippen LogP contribution < -0.4 is 10.6 Å². The molecule has 1 unspecified atom stereocenters. The van der Waals surface area contributed by atoms with E-state index in [2.05, 4.69) is 15.6 Å². The number of carbonyl (C=O) groups excluding carboxylic acids is 2. The lowest BCUT2D eigenvalue weighted by atomic mass is 9.95. The molecule has 5 heteroatoms. The van der Waals surface area contributed by atoms with Crippen molar-refractivity contribution in [1.29, 1.82) is 0 Å². The maximum absolute atomic E-state index is 12.5. The third kappa shape index (κ3) is 2.60. The molecule has 0 saturated carbocycles. The third-order valence-corrected chi connectivity index (χ3v) is 4.95. The first-order valence-electron chi connectivity index (χ1n) is 8.44. The van der Waals surface area contributed by atoms with Gasteiger partial charge in [0.05, 0.1) is 0 Å². The highest BCUT2D eigenvalue weighted by Gasteiger charge is 2.24. The lowest BCUT2D eigenvalue weighted by Gasteiger charge is -2.22. The maximum atomic E-state index is 12.5. The van der Waals surface area contributed by atoms with E-state index in [0.29, 0.717) is 18.5 Å². The molecule has 1 saturated heterocycles. The summed E-state index contributed by atoms with van der Waals surface area (Å²) in [5, 5.41) is 6.81. The van der Waals surface area contributed by atoms with Crippen molar-refractivity contribution in [2.45, 2.75) is 44.6 Å². The Bertz CT molecular complexity index is 778. The maximum Gasteiger partial charge on any atom is 0.251 e. The van der Waals surface area contributed by atoms with E-state index in [1.807, 2.05) is 18.2 Å². The fourth-order valence-corrected chi connectivity index (χ4v) is 3.70. The van der Waals surface area contributed by atoms with E-state index in [0.717, 1.165) is 30.2 Å². The number of aryl methyl sites for hydroxylation is 2. The van der Waals surface area contributed by atoms with E-state index >= 15 is 0 Å². The second kappa shape index (κ2) is 5.72. The van der Waals surface area contributed by atoms with Crippen molar-refractivity contribution in [1.82, 2.24) is 15.6 Å². The van der Waals surface area contributed by atoms with Crippen LogP contribution >= 0.6 is 0 Å². The number of hydrogen-bond acceptors (Lipinski definition) is 2. The van der Waals surface area contributed by atoms with E-state index < -0.39 is 6.04 Å². The topological polar surface area (TPSA) is 74.0 Å². The zero-order valence-corrected chi connectivity index (χ0v) is 13.1. The summed E-state index contributed by atoms with van der Waals surface area (Å²) in [6.07, 6.45) is 6.21. The van der Waals surface area contributed by atoms with E-state index in [4.69, 9.17) is 0 Å². The Hall–Kier alpha value is -2.30. The summed E-state index contributed by atoms with van der Waals surface area (Å²) >= 11 is 0. The van der Waals surface area contributed by atoms with Gasteiger partial charge in [0, 0.05) is 28.7 Å². The lowest BCUT2D eigenvalue weighted by Crippen LogP contribution is -2.50. The van der Waals surface area contributed by atoms with Crippen LogP contribution in [-0.2, 0) is 17.6 Å². The quantitative estimate of drug-likeness (QED) is 0.794. The fourth-order valence-electron chi connectivity index (χ4n) is 3.70. The highest BCUT2D eigenvalue weighted by molar-refractivity contribution is 6.01. The molecule has 2 aromatic rings. The molecule has 3 N–H and O–H groups in total. The Morgan fingerprint density at radius 1 is 1.17 bits per heavy atom. The average Bonchev–Trinajstić information content (AvgIpc) is 2.94. The van der Waals surface area contributed by atoms with Crippen LogP contribution in [0.4, 0.5) is 0 Å². The highest BCUT2D eigenvalue weighted by Crippen LogP contribution is 2.29. The van der Waals surface area contributed by atoms with Crippen LogP contribution in [0.15, 0.2) is 18.2 Å². The number of nitrogens with one attached hydrogen (secondary N) is 3. The molecule has 2 heterocycles. The standard InChI is InChI=1S/C18H21N3O2/c22-17(21-16-6-3-9-19-18(16)23)11-7-8-15-13(10-11)12-4-1-2-5-14(12)20-15/h7-8,10,16,20H,1-6,9H2,(H,19,23)(H,21,22). The number of amides is 2. The summed E-state index contributed by atoms with van der Waals surface area (Å²) in [7, 11) is 0. The van der Waals surface area contributed by atoms with Crippen LogP contribution in [0.1, 0.15) is 47.3 Å². The molecule has 2 amide bonds. The summed E-state index contributed by atoms with van der Waals surface area (Å²) in [6.45, 7) is 0.701. The molecular formula is C18H21N3O2. The molecule has 2 aliphatic rings. The number of hydrogen-bond donors (Lipinski definition) is 3. The molecule has 4 rings (SSSR count). The van der Waals surface area contributed by atoms with Crippen LogP contribution in [-0.4, -0.2) is 29.4 Å². The number of fused-ring (bicyclic) bond motifs is 3. The minimum atomic E-state index is -0.410. The third-order valence-electron chi connectivity index (χ3n) is 4.95. The Labute approximate surface area is 134 Å². The van der Waals surface area contributed by atoms with Crippen molar-refractivity contribution in [3.63, 3.8) is 0 Å². The molecule has 1 aliphatic carbocycles. The Balaban J connectivity index is 1.60. The van der Waals surface area contributed by atoms with Gasteiger partial charge in [-0.25, -0.2) is 0 Å². The minimum Gasteiger partial charge on any atom is -0.358 e. The summed E-state index contributed by atoms with van der Waals surface area (Å²) in [5.74, 6) is -0.246. The highest BCUT2D eigenvalue weighted by atomic mass is 16.2. The van der Waals surface area contributed by atoms with Crippen LogP contribution in [0.3, 0.4) is 0 Å². The lowest BCUT2D eigenvalue weighted by molar-refractivity contribution is -0.124. The summed E-state index contributed by atoms with van der Waals surface area (Å²) in [5.41, 5.74) is 4.40. The first-order valence-corrected chi connectivity index (χ1v) is 8.44. The number of aromatic amines is 1. The molecule has 23 heavy (non-hydrogen) atoms. The predicted molar refractivity (Wildman–Crippen MR) is 88.4 cm³/mol. The van der Waals surface area contributed by atoms with E-state index in [9.17, 15) is 9.59 Å². The van der Waals surface area contributed by atoms with Gasteiger partial charge in [-0.2, -0.15) is 0 Å². The van der Waals surface area contributed by atoms with Gasteiger partial charge >= 0.3 is 0 Å². The van der Waals surface area contributed by atoms with Crippen molar-refractivity contribution >= 4 is 22.7 Å². The van der Waals surface area contributed by atoms with Crippen LogP contribution in [0.25, 0.3) is 10.9 Å². The fraction of sp³-hybridized carbons (Fsp3) is 0.444. The van der Waals surface area contributed by atoms with Gasteiger partial charge in [0.15, 0.2) is 0 Å². The monoisotopic (exact) mass is 311 g/mol. The number of H-pyrrole nitrogens is 1. The molecule has 1 atom stereocenters. The van der Waals surface area contributed by atoms with Crippen molar-refractivity contribution in [2.75, 3.05) is 6.54 Å². The second-order valence-corrected chi connectivity index (χ2v) is 6.51. The van der Waals surface area contributed by atoms with Gasteiger partial charge < -0.3 is 15.6 Å². The van der Waals surface area contributed by atoms with Gasteiger partial charge in [-0.1, -0.05) is 0 Å². The zero-order chi connectivity index (χ0) is 15.8. The Morgan fingerprint density at radius 3 is 2.91 bits per heavy atom. The molecule has 120 valence electrons. The Kier molecular flexibility index (Phi) is 3.56. The van der Waals surface area contributed by atoms with Crippen LogP contribution in [0, 0.1) is 0 Å². The SMILES string of the molecule is O=C(NC1CCCNC1=O)c1ccc2[nH]c3c(c2c1)CCCC3. The molecule has 0 spiro atoms. The molecule has 0 bridgehead atoms. The van der Waals surface area contributed by atoms with Crippen molar-refractivity contribution < 1.29 is 9.59 Å². The minimum absolute atomic E-state index is 0.0790. The van der Waals surface area contributed by atoms with Crippen molar-refractivity contribution in [3.8, 4) is 0 Å². The number of aromatic nitrogens is 1. The first kappa shape index (κ1) is 14.3. The largest absolute Gasteiger partial charge is 0.358 e. The molecule has 1 aromatic carbocycles. The second-order valence-electron chi connectivity index (χ2n) is 6.51. The Morgan fingerprint density at radius 2 is 2.04 bits per heavy atom. The molecule has 1 aliphatic heterocycles.